The highest BCUT2D eigenvalue weighted by atomic mass is 32.2. The number of anilines is 1. The molecule has 3 rings (SSSR count). The summed E-state index contributed by atoms with van der Waals surface area (Å²) in [6.45, 7) is 2.33. The minimum Gasteiger partial charge on any atom is -0.469 e. The summed E-state index contributed by atoms with van der Waals surface area (Å²) >= 11 is 0. The predicted octanol–water partition coefficient (Wildman–Crippen LogP) is 3.05. The topological polar surface area (TPSA) is 93.2 Å². The Morgan fingerprint density at radius 3 is 2.09 bits per heavy atom. The zero-order chi connectivity index (χ0) is 23.3. The summed E-state index contributed by atoms with van der Waals surface area (Å²) in [6.07, 6.45) is 2.07. The molecule has 1 fully saturated rings. The van der Waals surface area contributed by atoms with Crippen LogP contribution in [-0.4, -0.2) is 57.7 Å². The molecule has 0 aromatic heterocycles. The third kappa shape index (κ3) is 5.59. The molecular weight excluding hydrogens is 432 g/mol. The van der Waals surface area contributed by atoms with Crippen LogP contribution < -0.4 is 9.04 Å². The van der Waals surface area contributed by atoms with Crippen LogP contribution >= 0.6 is 0 Å². The monoisotopic (exact) mass is 460 g/mol. The smallest absolute Gasteiger partial charge is 0.308 e. The number of likely N-dealkylation sites (tertiary alicyclic amines) is 1. The van der Waals surface area contributed by atoms with Crippen molar-refractivity contribution in [3.63, 3.8) is 0 Å². The minimum atomic E-state index is -3.73. The van der Waals surface area contributed by atoms with Crippen LogP contribution in [0.1, 0.15) is 19.8 Å². The Bertz CT molecular complexity index is 1030. The van der Waals surface area contributed by atoms with Crippen LogP contribution in [0.3, 0.4) is 0 Å². The second kappa shape index (κ2) is 10.0. The maximum atomic E-state index is 13.1. The lowest BCUT2D eigenvalue weighted by Crippen LogP contribution is -2.51. The molecule has 1 saturated heterocycles. The fourth-order valence-corrected chi connectivity index (χ4v) is 5.02. The second-order valence-electron chi connectivity index (χ2n) is 7.77. The van der Waals surface area contributed by atoms with Crippen LogP contribution in [0.5, 0.6) is 11.5 Å². The van der Waals surface area contributed by atoms with Crippen molar-refractivity contribution in [3.8, 4) is 11.5 Å². The number of piperidine rings is 1. The van der Waals surface area contributed by atoms with Gasteiger partial charge in [-0.1, -0.05) is 18.2 Å². The average molecular weight is 461 g/mol. The lowest BCUT2D eigenvalue weighted by molar-refractivity contribution is -0.149. The molecular formula is C23H28N2O6S. The van der Waals surface area contributed by atoms with Crippen molar-refractivity contribution in [1.29, 1.82) is 0 Å². The molecule has 1 heterocycles. The van der Waals surface area contributed by atoms with E-state index in [1.54, 1.807) is 36.1 Å². The Labute approximate surface area is 188 Å². The summed E-state index contributed by atoms with van der Waals surface area (Å²) in [4.78, 5) is 26.4. The van der Waals surface area contributed by atoms with E-state index in [2.05, 4.69) is 0 Å². The third-order valence-corrected chi connectivity index (χ3v) is 6.72. The number of benzene rings is 2. The Morgan fingerprint density at radius 2 is 1.56 bits per heavy atom. The second-order valence-corrected chi connectivity index (χ2v) is 9.63. The number of sulfonamides is 1. The van der Waals surface area contributed by atoms with Gasteiger partial charge in [0.05, 0.1) is 25.0 Å². The zero-order valence-electron chi connectivity index (χ0n) is 18.4. The molecule has 172 valence electrons. The van der Waals surface area contributed by atoms with E-state index >= 15 is 0 Å². The first-order valence-corrected chi connectivity index (χ1v) is 12.2. The number of ether oxygens (including phenoxy) is 2. The van der Waals surface area contributed by atoms with E-state index in [0.717, 1.165) is 10.6 Å². The largest absolute Gasteiger partial charge is 0.469 e. The third-order valence-electron chi connectivity index (χ3n) is 5.48. The van der Waals surface area contributed by atoms with Crippen LogP contribution in [0.15, 0.2) is 54.6 Å². The Kier molecular flexibility index (Phi) is 7.40. The van der Waals surface area contributed by atoms with E-state index < -0.39 is 16.1 Å². The molecule has 9 heteroatoms. The van der Waals surface area contributed by atoms with Gasteiger partial charge >= 0.3 is 5.97 Å². The molecule has 1 atom stereocenters. The lowest BCUT2D eigenvalue weighted by atomic mass is 9.96. The molecule has 1 aliphatic rings. The standard InChI is InChI=1S/C23H28N2O6S/c1-17(22(26)24-15-13-18(14-16-24)23(27)30-2)25(32(3,28)29)19-9-11-21(12-10-19)31-20-7-5-4-6-8-20/h4-12,17-18H,13-16H2,1-3H3/t17-/m1/s1. The summed E-state index contributed by atoms with van der Waals surface area (Å²) in [5.74, 6) is 0.406. The van der Waals surface area contributed by atoms with E-state index in [4.69, 9.17) is 9.47 Å². The Balaban J connectivity index is 1.73. The molecule has 0 N–H and O–H groups in total. The van der Waals surface area contributed by atoms with Gasteiger partial charge in [0.15, 0.2) is 0 Å². The molecule has 0 unspecified atom stereocenters. The van der Waals surface area contributed by atoms with Crippen LogP contribution in [0, 0.1) is 5.92 Å². The first-order valence-electron chi connectivity index (χ1n) is 10.4. The molecule has 2 aromatic carbocycles. The first-order chi connectivity index (χ1) is 15.2. The van der Waals surface area contributed by atoms with Gasteiger partial charge in [-0.3, -0.25) is 13.9 Å². The highest BCUT2D eigenvalue weighted by Gasteiger charge is 2.35. The molecule has 1 amide bonds. The number of methoxy groups -OCH3 is 1. The lowest BCUT2D eigenvalue weighted by Gasteiger charge is -2.36. The van der Waals surface area contributed by atoms with E-state index in [1.165, 1.54) is 7.11 Å². The van der Waals surface area contributed by atoms with Crippen molar-refractivity contribution in [2.45, 2.75) is 25.8 Å². The molecule has 0 saturated carbocycles. The van der Waals surface area contributed by atoms with Gasteiger partial charge in [-0.25, -0.2) is 8.42 Å². The fraction of sp³-hybridized carbons (Fsp3) is 0.391. The van der Waals surface area contributed by atoms with Gasteiger partial charge in [0.2, 0.25) is 15.9 Å². The minimum absolute atomic E-state index is 0.234. The van der Waals surface area contributed by atoms with Crippen LogP contribution in [0.25, 0.3) is 0 Å². The Hall–Kier alpha value is -3.07. The molecule has 0 aliphatic carbocycles. The summed E-state index contributed by atoms with van der Waals surface area (Å²) < 4.78 is 36.8. The van der Waals surface area contributed by atoms with E-state index in [9.17, 15) is 18.0 Å². The number of carbonyl (C=O) groups is 2. The van der Waals surface area contributed by atoms with E-state index in [-0.39, 0.29) is 17.8 Å². The van der Waals surface area contributed by atoms with Gasteiger partial charge in [-0.15, -0.1) is 0 Å². The van der Waals surface area contributed by atoms with Gasteiger partial charge in [0, 0.05) is 13.1 Å². The maximum absolute atomic E-state index is 13.1. The number of esters is 1. The Morgan fingerprint density at radius 1 is 1.00 bits per heavy atom. The van der Waals surface area contributed by atoms with Gasteiger partial charge in [-0.2, -0.15) is 0 Å². The number of nitrogens with zero attached hydrogens (tertiary/aromatic N) is 2. The maximum Gasteiger partial charge on any atom is 0.308 e. The van der Waals surface area contributed by atoms with Crippen LogP contribution in [0.4, 0.5) is 5.69 Å². The van der Waals surface area contributed by atoms with Crippen molar-refractivity contribution in [2.24, 2.45) is 5.92 Å². The molecule has 1 aliphatic heterocycles. The molecule has 32 heavy (non-hydrogen) atoms. The normalized spacial score (nSPS) is 15.7. The van der Waals surface area contributed by atoms with Gasteiger partial charge in [-0.05, 0) is 56.2 Å². The predicted molar refractivity (Wildman–Crippen MR) is 121 cm³/mol. The molecule has 8 nitrogen and oxygen atoms in total. The summed E-state index contributed by atoms with van der Waals surface area (Å²) in [7, 11) is -2.38. The van der Waals surface area contributed by atoms with Crippen LogP contribution in [-0.2, 0) is 24.3 Å². The quantitative estimate of drug-likeness (QED) is 0.590. The van der Waals surface area contributed by atoms with Crippen molar-refractivity contribution in [2.75, 3.05) is 30.8 Å². The number of hydrogen-bond donors (Lipinski definition) is 0. The van der Waals surface area contributed by atoms with Crippen LogP contribution in [0.2, 0.25) is 0 Å². The van der Waals surface area contributed by atoms with E-state index in [0.29, 0.717) is 43.1 Å². The summed E-state index contributed by atoms with van der Waals surface area (Å²) in [5, 5.41) is 0. The number of carbonyl (C=O) groups excluding carboxylic acids is 2. The van der Waals surface area contributed by atoms with E-state index in [1.807, 2.05) is 30.3 Å². The SMILES string of the molecule is COC(=O)C1CCN(C(=O)[C@@H](C)N(c2ccc(Oc3ccccc3)cc2)S(C)(=O)=O)CC1. The highest BCUT2D eigenvalue weighted by Crippen LogP contribution is 2.28. The average Bonchev–Trinajstić information content (AvgIpc) is 2.79. The molecule has 0 radical (unpaired) electrons. The van der Waals surface area contributed by atoms with Gasteiger partial charge < -0.3 is 14.4 Å². The number of amides is 1. The van der Waals surface area contributed by atoms with Crippen molar-refractivity contribution in [3.05, 3.63) is 54.6 Å². The number of hydrogen-bond acceptors (Lipinski definition) is 6. The van der Waals surface area contributed by atoms with Crippen molar-refractivity contribution in [1.82, 2.24) is 4.90 Å². The molecule has 2 aromatic rings. The summed E-state index contributed by atoms with van der Waals surface area (Å²) in [6, 6.07) is 14.9. The zero-order valence-corrected chi connectivity index (χ0v) is 19.2. The van der Waals surface area contributed by atoms with Gasteiger partial charge in [0.1, 0.15) is 17.5 Å². The summed E-state index contributed by atoms with van der Waals surface area (Å²) in [5.41, 5.74) is 0.373. The molecule has 0 bridgehead atoms. The molecule has 0 spiro atoms. The number of para-hydroxylation sites is 1. The number of rotatable bonds is 7. The van der Waals surface area contributed by atoms with Crippen molar-refractivity contribution >= 4 is 27.6 Å². The fourth-order valence-electron chi connectivity index (χ4n) is 3.85. The van der Waals surface area contributed by atoms with Gasteiger partial charge in [0.25, 0.3) is 0 Å². The van der Waals surface area contributed by atoms with Crippen molar-refractivity contribution < 1.29 is 27.5 Å². The highest BCUT2D eigenvalue weighted by molar-refractivity contribution is 7.92. The first kappa shape index (κ1) is 23.6.